The first-order chi connectivity index (χ1) is 18.0. The Morgan fingerprint density at radius 3 is 2.62 bits per heavy atom. The van der Waals surface area contributed by atoms with E-state index < -0.39 is 5.97 Å². The second-order valence-corrected chi connectivity index (χ2v) is 9.38. The van der Waals surface area contributed by atoms with Gasteiger partial charge in [-0.2, -0.15) is 5.10 Å². The van der Waals surface area contributed by atoms with Crippen molar-refractivity contribution in [1.29, 1.82) is 0 Å². The van der Waals surface area contributed by atoms with Crippen molar-refractivity contribution in [3.05, 3.63) is 77.7 Å². The number of rotatable bonds is 8. The van der Waals surface area contributed by atoms with E-state index in [1.807, 2.05) is 42.5 Å². The number of hydrogen-bond acceptors (Lipinski definition) is 6. The highest BCUT2D eigenvalue weighted by Crippen LogP contribution is 2.28. The number of para-hydroxylation sites is 2. The molecule has 10 heteroatoms. The van der Waals surface area contributed by atoms with Gasteiger partial charge in [0.25, 0.3) is 5.91 Å². The van der Waals surface area contributed by atoms with Crippen molar-refractivity contribution in [3.8, 4) is 11.1 Å². The van der Waals surface area contributed by atoms with E-state index in [2.05, 4.69) is 25.2 Å². The molecule has 0 saturated carbocycles. The zero-order chi connectivity index (χ0) is 25.8. The van der Waals surface area contributed by atoms with Gasteiger partial charge in [0.15, 0.2) is 5.65 Å². The largest absolute Gasteiger partial charge is 0.481 e. The van der Waals surface area contributed by atoms with Crippen molar-refractivity contribution in [2.24, 2.45) is 0 Å². The molecule has 4 aromatic rings. The lowest BCUT2D eigenvalue weighted by Crippen LogP contribution is -2.46. The highest BCUT2D eigenvalue weighted by atomic mass is 35.5. The first-order valence-electron chi connectivity index (χ1n) is 12.2. The molecule has 0 unspecified atom stereocenters. The predicted octanol–water partition coefficient (Wildman–Crippen LogP) is 4.29. The standard InChI is InChI=1S/C27H27ClN6O3/c28-20-6-3-5-19(17-20)21-18-29-34-12-10-23(30-26(21)34)27(37)31-22-7-1-2-8-24(22)33-15-13-32(14-16-33)11-4-9-25(35)36/h1-3,5-8,10,12,17-18H,4,9,11,13-16H2,(H,31,37)(H,35,36). The minimum atomic E-state index is -0.758. The molecule has 5 rings (SSSR count). The van der Waals surface area contributed by atoms with Gasteiger partial charge in [0, 0.05) is 49.4 Å². The molecule has 9 nitrogen and oxygen atoms in total. The summed E-state index contributed by atoms with van der Waals surface area (Å²) in [5.74, 6) is -1.06. The smallest absolute Gasteiger partial charge is 0.303 e. The Bertz CT molecular complexity index is 1430. The number of piperazine rings is 1. The minimum absolute atomic E-state index is 0.189. The van der Waals surface area contributed by atoms with Gasteiger partial charge in [0.05, 0.1) is 17.6 Å². The molecule has 0 aliphatic carbocycles. The number of aromatic nitrogens is 3. The molecule has 0 radical (unpaired) electrons. The number of aliphatic carboxylic acids is 1. The molecule has 2 aromatic carbocycles. The number of carbonyl (C=O) groups excluding carboxylic acids is 1. The van der Waals surface area contributed by atoms with Crippen LogP contribution >= 0.6 is 11.6 Å². The summed E-state index contributed by atoms with van der Waals surface area (Å²) in [5, 5.41) is 16.9. The molecule has 2 N–H and O–H groups in total. The number of fused-ring (bicyclic) bond motifs is 1. The number of carboxylic acid groups (broad SMARTS) is 1. The average molecular weight is 519 g/mol. The van der Waals surface area contributed by atoms with Gasteiger partial charge in [-0.3, -0.25) is 14.5 Å². The summed E-state index contributed by atoms with van der Waals surface area (Å²) >= 11 is 6.17. The Balaban J connectivity index is 1.30. The molecule has 0 atom stereocenters. The molecule has 1 saturated heterocycles. The quantitative estimate of drug-likeness (QED) is 0.358. The monoisotopic (exact) mass is 518 g/mol. The highest BCUT2D eigenvalue weighted by Gasteiger charge is 2.21. The Kier molecular flexibility index (Phi) is 7.34. The second-order valence-electron chi connectivity index (χ2n) is 8.95. The third-order valence-electron chi connectivity index (χ3n) is 6.47. The molecule has 1 fully saturated rings. The summed E-state index contributed by atoms with van der Waals surface area (Å²) in [4.78, 5) is 33.2. The molecule has 0 spiro atoms. The lowest BCUT2D eigenvalue weighted by molar-refractivity contribution is -0.137. The van der Waals surface area contributed by atoms with E-state index in [-0.39, 0.29) is 18.0 Å². The average Bonchev–Trinajstić information content (AvgIpc) is 3.33. The maximum atomic E-state index is 13.2. The maximum absolute atomic E-state index is 13.2. The molecular weight excluding hydrogens is 492 g/mol. The molecule has 1 aliphatic rings. The van der Waals surface area contributed by atoms with Crippen LogP contribution in [-0.4, -0.2) is 69.2 Å². The van der Waals surface area contributed by atoms with Gasteiger partial charge in [0.2, 0.25) is 0 Å². The summed E-state index contributed by atoms with van der Waals surface area (Å²) < 4.78 is 1.64. The van der Waals surface area contributed by atoms with E-state index in [0.717, 1.165) is 55.2 Å². The van der Waals surface area contributed by atoms with Crippen molar-refractivity contribution in [2.45, 2.75) is 12.8 Å². The molecule has 1 aliphatic heterocycles. The van der Waals surface area contributed by atoms with Crippen molar-refractivity contribution < 1.29 is 14.7 Å². The van der Waals surface area contributed by atoms with Gasteiger partial charge >= 0.3 is 5.97 Å². The highest BCUT2D eigenvalue weighted by molar-refractivity contribution is 6.30. The predicted molar refractivity (Wildman–Crippen MR) is 143 cm³/mol. The van der Waals surface area contributed by atoms with Crippen LogP contribution in [0.15, 0.2) is 67.0 Å². The van der Waals surface area contributed by atoms with E-state index in [9.17, 15) is 9.59 Å². The zero-order valence-electron chi connectivity index (χ0n) is 20.2. The molecule has 2 aromatic heterocycles. The van der Waals surface area contributed by atoms with Gasteiger partial charge in [-0.15, -0.1) is 0 Å². The Morgan fingerprint density at radius 2 is 1.84 bits per heavy atom. The van der Waals surface area contributed by atoms with E-state index >= 15 is 0 Å². The number of amides is 1. The number of carboxylic acids is 1. The Hall–Kier alpha value is -3.95. The van der Waals surface area contributed by atoms with Gasteiger partial charge in [-0.25, -0.2) is 9.50 Å². The lowest BCUT2D eigenvalue weighted by atomic mass is 10.1. The first-order valence-corrected chi connectivity index (χ1v) is 12.6. The maximum Gasteiger partial charge on any atom is 0.303 e. The normalized spacial score (nSPS) is 14.1. The topological polar surface area (TPSA) is 103 Å². The first kappa shape index (κ1) is 24.7. The van der Waals surface area contributed by atoms with Crippen LogP contribution in [0.4, 0.5) is 11.4 Å². The fourth-order valence-corrected chi connectivity index (χ4v) is 4.75. The van der Waals surface area contributed by atoms with Crippen molar-refractivity contribution in [2.75, 3.05) is 42.9 Å². The number of nitrogens with zero attached hydrogens (tertiary/aromatic N) is 5. The summed E-state index contributed by atoms with van der Waals surface area (Å²) in [7, 11) is 0. The summed E-state index contributed by atoms with van der Waals surface area (Å²) in [6.45, 7) is 4.05. The zero-order valence-corrected chi connectivity index (χ0v) is 20.9. The van der Waals surface area contributed by atoms with Gasteiger partial charge < -0.3 is 15.3 Å². The van der Waals surface area contributed by atoms with Crippen molar-refractivity contribution >= 4 is 40.5 Å². The fraction of sp³-hybridized carbons (Fsp3) is 0.259. The molecule has 190 valence electrons. The lowest BCUT2D eigenvalue weighted by Gasteiger charge is -2.36. The number of halogens is 1. The van der Waals surface area contributed by atoms with Crippen molar-refractivity contribution in [1.82, 2.24) is 19.5 Å². The van der Waals surface area contributed by atoms with Crippen LogP contribution in [0.2, 0.25) is 5.02 Å². The number of benzene rings is 2. The van der Waals surface area contributed by atoms with Crippen LogP contribution in [0.3, 0.4) is 0 Å². The van der Waals surface area contributed by atoms with Gasteiger partial charge in [0.1, 0.15) is 5.69 Å². The molecule has 3 heterocycles. The Morgan fingerprint density at radius 1 is 1.03 bits per heavy atom. The minimum Gasteiger partial charge on any atom is -0.481 e. The summed E-state index contributed by atoms with van der Waals surface area (Å²) in [6.07, 6.45) is 4.28. The van der Waals surface area contributed by atoms with Crippen LogP contribution < -0.4 is 10.2 Å². The number of anilines is 2. The third kappa shape index (κ3) is 5.73. The third-order valence-corrected chi connectivity index (χ3v) is 6.70. The van der Waals surface area contributed by atoms with Gasteiger partial charge in [-0.05, 0) is 48.9 Å². The van der Waals surface area contributed by atoms with Crippen LogP contribution in [0, 0.1) is 0 Å². The molecule has 1 amide bonds. The number of hydrogen-bond donors (Lipinski definition) is 2. The second kappa shape index (κ2) is 11.0. The van der Waals surface area contributed by atoms with E-state index in [1.54, 1.807) is 29.0 Å². The number of carbonyl (C=O) groups is 2. The fourth-order valence-electron chi connectivity index (χ4n) is 4.56. The molecule has 37 heavy (non-hydrogen) atoms. The van der Waals surface area contributed by atoms with Crippen molar-refractivity contribution in [3.63, 3.8) is 0 Å². The molecular formula is C27H27ClN6O3. The Labute approximate surface area is 219 Å². The summed E-state index contributed by atoms with van der Waals surface area (Å²) in [5.41, 5.74) is 4.19. The van der Waals surface area contributed by atoms with Crippen LogP contribution in [0.1, 0.15) is 23.3 Å². The van der Waals surface area contributed by atoms with Crippen LogP contribution in [0.5, 0.6) is 0 Å². The molecule has 0 bridgehead atoms. The SMILES string of the molecule is O=C(O)CCCN1CCN(c2ccccc2NC(=O)c2ccn3ncc(-c4cccc(Cl)c4)c3n2)CC1. The van der Waals surface area contributed by atoms with E-state index in [1.165, 1.54) is 0 Å². The summed E-state index contributed by atoms with van der Waals surface area (Å²) in [6, 6.07) is 16.8. The van der Waals surface area contributed by atoms with Gasteiger partial charge in [-0.1, -0.05) is 35.9 Å². The van der Waals surface area contributed by atoms with E-state index in [4.69, 9.17) is 16.7 Å². The number of nitrogens with one attached hydrogen (secondary N) is 1. The van der Waals surface area contributed by atoms with Crippen LogP contribution in [0.25, 0.3) is 16.8 Å². The van der Waals surface area contributed by atoms with Crippen LogP contribution in [-0.2, 0) is 4.79 Å². The van der Waals surface area contributed by atoms with E-state index in [0.29, 0.717) is 17.1 Å².